The zero-order valence-electron chi connectivity index (χ0n) is 38.9. The Hall–Kier alpha value is -9.32. The molecule has 13 rings (SSSR count). The first kappa shape index (κ1) is 41.8. The summed E-state index contributed by atoms with van der Waals surface area (Å²) in [6.07, 6.45) is 0. The van der Waals surface area contributed by atoms with Crippen molar-refractivity contribution in [1.29, 1.82) is 0 Å². The van der Waals surface area contributed by atoms with E-state index in [1.54, 1.807) is 0 Å². The molecule has 0 radical (unpaired) electrons. The Balaban J connectivity index is 1.11. The maximum absolute atomic E-state index is 7.39. The fourth-order valence-corrected chi connectivity index (χ4v) is 10.7. The van der Waals surface area contributed by atoms with Gasteiger partial charge in [0.15, 0.2) is 0 Å². The highest BCUT2D eigenvalue weighted by atomic mass is 16.5. The van der Waals surface area contributed by atoms with Crippen LogP contribution < -0.4 is 35.8 Å². The Morgan fingerprint density at radius 2 is 0.718 bits per heavy atom. The van der Waals surface area contributed by atoms with Gasteiger partial charge in [-0.1, -0.05) is 194 Å². The van der Waals surface area contributed by atoms with Gasteiger partial charge in [-0.3, -0.25) is 0 Å². The smallest absolute Gasteiger partial charge is 0.256 e. The number of rotatable bonds is 10. The van der Waals surface area contributed by atoms with Gasteiger partial charge in [0.1, 0.15) is 11.5 Å². The van der Waals surface area contributed by atoms with E-state index in [0.717, 1.165) is 107 Å². The lowest BCUT2D eigenvalue weighted by Gasteiger charge is -2.42. The Bertz CT molecular complexity index is 3540. The average Bonchev–Trinajstić information content (AvgIpc) is 3.45. The number of anilines is 9. The van der Waals surface area contributed by atoms with Crippen LogP contribution in [0, 0.1) is 0 Å². The first-order valence-electron chi connectivity index (χ1n) is 24.3. The molecule has 11 aromatic carbocycles. The molecule has 0 spiro atoms. The maximum atomic E-state index is 7.39. The number of hydrogen-bond donors (Lipinski definition) is 0. The summed E-state index contributed by atoms with van der Waals surface area (Å²) >= 11 is 0. The molecular weight excluding hydrogens is 862 g/mol. The van der Waals surface area contributed by atoms with Crippen LogP contribution in [0.2, 0.25) is 0 Å². The highest BCUT2D eigenvalue weighted by Gasteiger charge is 2.44. The largest absolute Gasteiger partial charge is 0.458 e. The van der Waals surface area contributed by atoms with Gasteiger partial charge in [0.2, 0.25) is 0 Å². The maximum Gasteiger partial charge on any atom is 0.256 e. The fraction of sp³-hybridized carbons (Fsp3) is 0. The number of ether oxygens (including phenoxy) is 1. The van der Waals surface area contributed by atoms with Crippen LogP contribution in [0.25, 0.3) is 33.4 Å². The van der Waals surface area contributed by atoms with Crippen molar-refractivity contribution in [3.63, 3.8) is 0 Å². The van der Waals surface area contributed by atoms with E-state index in [4.69, 9.17) is 4.74 Å². The molecule has 0 bridgehead atoms. The van der Waals surface area contributed by atoms with Gasteiger partial charge in [0.25, 0.3) is 6.71 Å². The Kier molecular flexibility index (Phi) is 10.6. The minimum absolute atomic E-state index is 0.157. The molecule has 0 fully saturated rings. The number of benzene rings is 11. The summed E-state index contributed by atoms with van der Waals surface area (Å²) in [5.41, 5.74) is 19.8. The van der Waals surface area contributed by atoms with Gasteiger partial charge in [0.05, 0.1) is 5.69 Å². The van der Waals surface area contributed by atoms with Crippen molar-refractivity contribution in [3.8, 4) is 44.9 Å². The summed E-state index contributed by atoms with van der Waals surface area (Å²) in [6, 6.07) is 100. The van der Waals surface area contributed by atoms with E-state index in [2.05, 4.69) is 294 Å². The molecule has 334 valence electrons. The second-order valence-electron chi connectivity index (χ2n) is 18.1. The van der Waals surface area contributed by atoms with E-state index in [-0.39, 0.29) is 6.71 Å². The zero-order chi connectivity index (χ0) is 47.1. The molecule has 2 heterocycles. The third-order valence-electron chi connectivity index (χ3n) is 13.9. The molecule has 0 saturated heterocycles. The average molecular weight is 908 g/mol. The molecular formula is C66H46BN3O. The molecule has 0 aliphatic carbocycles. The van der Waals surface area contributed by atoms with Crippen LogP contribution in [0.1, 0.15) is 0 Å². The van der Waals surface area contributed by atoms with Crippen molar-refractivity contribution >= 4 is 74.3 Å². The minimum atomic E-state index is -0.157. The van der Waals surface area contributed by atoms with E-state index in [9.17, 15) is 0 Å². The molecule has 5 heteroatoms. The van der Waals surface area contributed by atoms with Gasteiger partial charge >= 0.3 is 0 Å². The van der Waals surface area contributed by atoms with Gasteiger partial charge in [-0.25, -0.2) is 0 Å². The van der Waals surface area contributed by atoms with Gasteiger partial charge < -0.3 is 19.4 Å². The van der Waals surface area contributed by atoms with Crippen LogP contribution in [0.4, 0.5) is 51.2 Å². The van der Waals surface area contributed by atoms with Crippen molar-refractivity contribution in [2.24, 2.45) is 0 Å². The van der Waals surface area contributed by atoms with Crippen molar-refractivity contribution < 1.29 is 4.74 Å². The quantitative estimate of drug-likeness (QED) is 0.127. The standard InChI is InChI=1S/C66H46BN3O/c1-8-23-47(24-9-1)50-43-62-65-64(44-50)71-63-46-56(69(53-33-18-6-19-34-53)54-35-20-7-21-36-54)40-42-60(63)67(65)59-41-39-55(68(51-29-14-4-15-30-51)52-31-16-5-17-32-52)45-61(59)70(62)66-57(48-25-10-2-11-26-48)37-22-38-58(66)49-27-12-3-13-28-49/h1-46H. The van der Waals surface area contributed by atoms with Gasteiger partial charge in [-0.05, 0) is 118 Å². The number of nitrogens with zero attached hydrogens (tertiary/aromatic N) is 3. The van der Waals surface area contributed by atoms with Crippen molar-refractivity contribution in [1.82, 2.24) is 0 Å². The normalized spacial score (nSPS) is 12.0. The molecule has 0 amide bonds. The van der Waals surface area contributed by atoms with Crippen molar-refractivity contribution in [2.45, 2.75) is 0 Å². The lowest BCUT2D eigenvalue weighted by Crippen LogP contribution is -2.59. The Morgan fingerprint density at radius 1 is 0.296 bits per heavy atom. The van der Waals surface area contributed by atoms with E-state index in [1.165, 1.54) is 5.46 Å². The third-order valence-corrected chi connectivity index (χ3v) is 13.9. The summed E-state index contributed by atoms with van der Waals surface area (Å²) in [5.74, 6) is 1.68. The summed E-state index contributed by atoms with van der Waals surface area (Å²) in [5, 5.41) is 0. The van der Waals surface area contributed by atoms with Crippen LogP contribution in [0.5, 0.6) is 11.5 Å². The first-order valence-corrected chi connectivity index (χ1v) is 24.3. The van der Waals surface area contributed by atoms with Gasteiger partial charge in [-0.2, -0.15) is 0 Å². The molecule has 2 aliphatic rings. The van der Waals surface area contributed by atoms with E-state index in [0.29, 0.717) is 0 Å². The zero-order valence-corrected chi connectivity index (χ0v) is 38.9. The predicted molar refractivity (Wildman–Crippen MR) is 298 cm³/mol. The van der Waals surface area contributed by atoms with E-state index >= 15 is 0 Å². The van der Waals surface area contributed by atoms with Crippen LogP contribution in [0.15, 0.2) is 279 Å². The number of hydrogen-bond acceptors (Lipinski definition) is 4. The highest BCUT2D eigenvalue weighted by molar-refractivity contribution is 6.99. The van der Waals surface area contributed by atoms with E-state index < -0.39 is 0 Å². The molecule has 2 aliphatic heterocycles. The second kappa shape index (κ2) is 18.0. The van der Waals surface area contributed by atoms with E-state index in [1.807, 2.05) is 0 Å². The van der Waals surface area contributed by atoms with Gasteiger partial charge in [0, 0.05) is 62.7 Å². The summed E-state index contributed by atoms with van der Waals surface area (Å²) < 4.78 is 7.39. The van der Waals surface area contributed by atoms with Crippen molar-refractivity contribution in [3.05, 3.63) is 279 Å². The molecule has 0 atom stereocenters. The summed E-state index contributed by atoms with van der Waals surface area (Å²) in [7, 11) is 0. The Labute approximate surface area is 415 Å². The van der Waals surface area contributed by atoms with Crippen LogP contribution >= 0.6 is 0 Å². The topological polar surface area (TPSA) is 19.0 Å². The van der Waals surface area contributed by atoms with Crippen LogP contribution in [0.3, 0.4) is 0 Å². The second-order valence-corrected chi connectivity index (χ2v) is 18.1. The molecule has 4 nitrogen and oxygen atoms in total. The monoisotopic (exact) mass is 907 g/mol. The first-order chi connectivity index (χ1) is 35.2. The molecule has 0 saturated carbocycles. The lowest BCUT2D eigenvalue weighted by atomic mass is 9.34. The predicted octanol–water partition coefficient (Wildman–Crippen LogP) is 16.0. The summed E-state index contributed by atoms with van der Waals surface area (Å²) in [4.78, 5) is 7.23. The van der Waals surface area contributed by atoms with Crippen molar-refractivity contribution in [2.75, 3.05) is 14.7 Å². The molecule has 0 unspecified atom stereocenters. The highest BCUT2D eigenvalue weighted by Crippen LogP contribution is 2.51. The molecule has 0 aromatic heterocycles. The molecule has 11 aromatic rings. The fourth-order valence-electron chi connectivity index (χ4n) is 10.7. The number of para-hydroxylation sites is 5. The molecule has 0 N–H and O–H groups in total. The van der Waals surface area contributed by atoms with Gasteiger partial charge in [-0.15, -0.1) is 0 Å². The molecule has 71 heavy (non-hydrogen) atoms. The summed E-state index contributed by atoms with van der Waals surface area (Å²) in [6.45, 7) is -0.157. The minimum Gasteiger partial charge on any atom is -0.458 e. The third kappa shape index (κ3) is 7.52. The SMILES string of the molecule is c1ccc(-c2cc3c4c(c2)N(c2c(-c5ccccc5)cccc2-c2ccccc2)c2cc(N(c5ccccc5)c5ccccc5)ccc2B4c2ccc(N(c4ccccc4)c4ccccc4)cc2O3)cc1. The van der Waals surface area contributed by atoms with Crippen LogP contribution in [-0.4, -0.2) is 6.71 Å². The van der Waals surface area contributed by atoms with Crippen LogP contribution in [-0.2, 0) is 0 Å². The Morgan fingerprint density at radius 3 is 1.20 bits per heavy atom. The number of fused-ring (bicyclic) bond motifs is 4. The lowest BCUT2D eigenvalue weighted by molar-refractivity contribution is 0.488.